The molecule has 2 saturated carbocycles. The van der Waals surface area contributed by atoms with Gasteiger partial charge >= 0.3 is 0 Å². The summed E-state index contributed by atoms with van der Waals surface area (Å²) in [5.41, 5.74) is 5.21. The van der Waals surface area contributed by atoms with E-state index in [4.69, 9.17) is 5.73 Å². The van der Waals surface area contributed by atoms with Crippen LogP contribution in [0.25, 0.3) is 0 Å². The molecule has 2 unspecified atom stereocenters. The van der Waals surface area contributed by atoms with Gasteiger partial charge < -0.3 is 5.73 Å². The Morgan fingerprint density at radius 3 is 2.07 bits per heavy atom. The smallest absolute Gasteiger partial charge is 0.190 e. The fourth-order valence-electron chi connectivity index (χ4n) is 2.45. The predicted octanol–water partition coefficient (Wildman–Crippen LogP) is 0.629. The number of nitrogens with two attached hydrogens (primary N) is 1. The topological polar surface area (TPSA) is 72.5 Å². The number of carbonyl (C=O) groups excluding carboxylic acids is 2. The van der Waals surface area contributed by atoms with E-state index in [1.165, 1.54) is 0 Å². The Morgan fingerprint density at radius 2 is 1.67 bits per heavy atom. The van der Waals surface area contributed by atoms with Crippen LogP contribution < -0.4 is 5.73 Å². The number of hydrogen-bond acceptors (Lipinski definition) is 3. The summed E-state index contributed by atoms with van der Waals surface area (Å²) in [6, 6.07) is 0. The summed E-state index contributed by atoms with van der Waals surface area (Å²) < 4.78 is 0. The van der Waals surface area contributed by atoms with E-state index < -0.39 is 0 Å². The molecule has 0 amide bonds. The second kappa shape index (κ2) is 3.81. The van der Waals surface area contributed by atoms with Crippen molar-refractivity contribution < 1.29 is 9.59 Å². The van der Waals surface area contributed by atoms with Gasteiger partial charge in [-0.15, -0.1) is 0 Å². The Kier molecular flexibility index (Phi) is 2.65. The van der Waals surface area contributed by atoms with Crippen LogP contribution in [0.3, 0.4) is 0 Å². The maximum absolute atomic E-state index is 11.8. The number of ketones is 2. The van der Waals surface area contributed by atoms with Gasteiger partial charge in [0.1, 0.15) is 0 Å². The molecule has 2 atom stereocenters. The van der Waals surface area contributed by atoms with Gasteiger partial charge in [0.05, 0.1) is 0 Å². The van der Waals surface area contributed by atoms with Gasteiger partial charge in [0.25, 0.3) is 0 Å². The van der Waals surface area contributed by atoms with E-state index in [2.05, 4.69) is 17.2 Å². The van der Waals surface area contributed by atoms with Crippen LogP contribution in [0.4, 0.5) is 0 Å². The highest BCUT2D eigenvalue weighted by atomic mass is 32.1. The normalized spacial score (nSPS) is 30.3. The average molecular weight is 224 g/mol. The molecule has 2 rings (SSSR count). The minimum Gasteiger partial charge on any atom is -0.374 e. The highest BCUT2D eigenvalue weighted by Crippen LogP contribution is 2.36. The number of hydrogen-bond donors (Lipinski definition) is 1. The SMILES string of the molecule is NC(=S)N=C1C(=O)C2CCCCC2C1=O. The average Bonchev–Trinajstić information content (AvgIpc) is 2.44. The quantitative estimate of drug-likeness (QED) is 0.612. The monoisotopic (exact) mass is 224 g/mol. The lowest BCUT2D eigenvalue weighted by molar-refractivity contribution is -0.120. The van der Waals surface area contributed by atoms with Crippen LogP contribution in [0.5, 0.6) is 0 Å². The Bertz CT molecular complexity index is 350. The van der Waals surface area contributed by atoms with Gasteiger partial charge in [-0.05, 0) is 25.1 Å². The fraction of sp³-hybridized carbons (Fsp3) is 0.600. The van der Waals surface area contributed by atoms with Crippen molar-refractivity contribution in [3.8, 4) is 0 Å². The lowest BCUT2D eigenvalue weighted by Gasteiger charge is -2.20. The van der Waals surface area contributed by atoms with Crippen molar-refractivity contribution >= 4 is 34.6 Å². The third-order valence-electron chi connectivity index (χ3n) is 3.13. The standard InChI is InChI=1S/C10H12N2O2S/c11-10(15)12-7-8(13)5-3-1-2-4-6(5)9(7)14/h5-6H,1-4H2,(H2,11,15). The number of thiocarbonyl (C=S) groups is 1. The number of nitrogens with zero attached hydrogens (tertiary/aromatic N) is 1. The van der Waals surface area contributed by atoms with Crippen molar-refractivity contribution in [1.82, 2.24) is 0 Å². The summed E-state index contributed by atoms with van der Waals surface area (Å²) in [5, 5.41) is -0.134. The lowest BCUT2D eigenvalue weighted by atomic mass is 9.81. The van der Waals surface area contributed by atoms with Crippen molar-refractivity contribution in [2.24, 2.45) is 22.6 Å². The summed E-state index contributed by atoms with van der Waals surface area (Å²) >= 11 is 4.59. The number of fused-ring (bicyclic) bond motifs is 1. The lowest BCUT2D eigenvalue weighted by Crippen LogP contribution is -2.21. The molecule has 15 heavy (non-hydrogen) atoms. The van der Waals surface area contributed by atoms with E-state index >= 15 is 0 Å². The van der Waals surface area contributed by atoms with Crippen LogP contribution in [0.1, 0.15) is 25.7 Å². The van der Waals surface area contributed by atoms with Crippen molar-refractivity contribution in [2.75, 3.05) is 0 Å². The first-order valence-corrected chi connectivity index (χ1v) is 5.48. The van der Waals surface area contributed by atoms with E-state index in [1.54, 1.807) is 0 Å². The summed E-state index contributed by atoms with van der Waals surface area (Å²) in [6.45, 7) is 0. The van der Waals surface area contributed by atoms with E-state index in [-0.39, 0.29) is 34.2 Å². The molecule has 0 spiro atoms. The molecule has 80 valence electrons. The molecule has 2 aliphatic rings. The largest absolute Gasteiger partial charge is 0.374 e. The van der Waals surface area contributed by atoms with E-state index in [0.29, 0.717) is 0 Å². The van der Waals surface area contributed by atoms with Gasteiger partial charge in [0, 0.05) is 11.8 Å². The van der Waals surface area contributed by atoms with Crippen LogP contribution in [-0.4, -0.2) is 22.4 Å². The third kappa shape index (κ3) is 1.71. The Hall–Kier alpha value is -1.10. The first kappa shape index (κ1) is 10.4. The molecule has 0 radical (unpaired) electrons. The summed E-state index contributed by atoms with van der Waals surface area (Å²) in [6.07, 6.45) is 3.62. The van der Waals surface area contributed by atoms with Crippen molar-refractivity contribution in [3.05, 3.63) is 0 Å². The number of rotatable bonds is 0. The minimum absolute atomic E-state index is 0.0144. The molecule has 0 aromatic heterocycles. The van der Waals surface area contributed by atoms with Crippen molar-refractivity contribution in [2.45, 2.75) is 25.7 Å². The molecule has 2 fully saturated rings. The maximum atomic E-state index is 11.8. The van der Waals surface area contributed by atoms with Crippen LogP contribution in [-0.2, 0) is 9.59 Å². The molecule has 4 nitrogen and oxygen atoms in total. The number of carbonyl (C=O) groups is 2. The van der Waals surface area contributed by atoms with Gasteiger partial charge in [-0.3, -0.25) is 9.59 Å². The Labute approximate surface area is 92.9 Å². The molecule has 5 heteroatoms. The van der Waals surface area contributed by atoms with Crippen molar-refractivity contribution in [1.29, 1.82) is 0 Å². The van der Waals surface area contributed by atoms with E-state index in [9.17, 15) is 9.59 Å². The van der Waals surface area contributed by atoms with Gasteiger partial charge in [0.2, 0.25) is 0 Å². The first-order chi connectivity index (χ1) is 7.11. The van der Waals surface area contributed by atoms with Gasteiger partial charge in [0.15, 0.2) is 22.4 Å². The molecule has 0 aromatic carbocycles. The molecular formula is C10H12N2O2S. The molecule has 0 aromatic rings. The molecule has 0 aliphatic heterocycles. The second-order valence-electron chi connectivity index (χ2n) is 4.02. The van der Waals surface area contributed by atoms with Crippen LogP contribution in [0, 0.1) is 11.8 Å². The zero-order valence-electron chi connectivity index (χ0n) is 8.23. The molecule has 0 saturated heterocycles. The molecule has 0 bridgehead atoms. The highest BCUT2D eigenvalue weighted by Gasteiger charge is 2.47. The molecule has 0 heterocycles. The fourth-order valence-corrected chi connectivity index (χ4v) is 2.54. The van der Waals surface area contributed by atoms with Crippen LogP contribution in [0.15, 0.2) is 4.99 Å². The van der Waals surface area contributed by atoms with Crippen molar-refractivity contribution in [3.63, 3.8) is 0 Å². The first-order valence-electron chi connectivity index (χ1n) is 5.08. The summed E-state index contributed by atoms with van der Waals surface area (Å²) in [4.78, 5) is 27.3. The molecule has 2 N–H and O–H groups in total. The van der Waals surface area contributed by atoms with Gasteiger partial charge in [-0.1, -0.05) is 12.8 Å². The summed E-state index contributed by atoms with van der Waals surface area (Å²) in [5.74, 6) is -0.617. The van der Waals surface area contributed by atoms with Gasteiger partial charge in [-0.2, -0.15) is 0 Å². The summed E-state index contributed by atoms with van der Waals surface area (Å²) in [7, 11) is 0. The number of Topliss-reactive ketones (excluding diaryl/α,β-unsaturated/α-hetero) is 2. The maximum Gasteiger partial charge on any atom is 0.190 e. The van der Waals surface area contributed by atoms with Crippen LogP contribution >= 0.6 is 12.2 Å². The zero-order chi connectivity index (χ0) is 11.0. The highest BCUT2D eigenvalue weighted by molar-refractivity contribution is 7.80. The van der Waals surface area contributed by atoms with E-state index in [1.807, 2.05) is 0 Å². The minimum atomic E-state index is -0.155. The third-order valence-corrected chi connectivity index (χ3v) is 3.22. The predicted molar refractivity (Wildman–Crippen MR) is 59.7 cm³/mol. The Balaban J connectivity index is 2.33. The Morgan fingerprint density at radius 1 is 1.20 bits per heavy atom. The number of aliphatic imine (C=N–C) groups is 1. The molecule has 2 aliphatic carbocycles. The zero-order valence-corrected chi connectivity index (χ0v) is 9.05. The van der Waals surface area contributed by atoms with E-state index in [0.717, 1.165) is 25.7 Å². The van der Waals surface area contributed by atoms with Gasteiger partial charge in [-0.25, -0.2) is 4.99 Å². The molecular weight excluding hydrogens is 212 g/mol. The second-order valence-corrected chi connectivity index (χ2v) is 4.44. The van der Waals surface area contributed by atoms with Crippen LogP contribution in [0.2, 0.25) is 0 Å².